The van der Waals surface area contributed by atoms with Crippen LogP contribution in [-0.4, -0.2) is 26.8 Å². The van der Waals surface area contributed by atoms with Gasteiger partial charge in [-0.1, -0.05) is 18.2 Å². The number of hydrogen-bond donors (Lipinski definition) is 2. The highest BCUT2D eigenvalue weighted by molar-refractivity contribution is 7.92. The van der Waals surface area contributed by atoms with E-state index in [-0.39, 0.29) is 22.1 Å². The summed E-state index contributed by atoms with van der Waals surface area (Å²) in [5, 5.41) is 0. The molecule has 0 bridgehead atoms. The molecule has 0 aliphatic rings. The Bertz CT molecular complexity index is 1170. The molecule has 0 spiro atoms. The van der Waals surface area contributed by atoms with Crippen LogP contribution >= 0.6 is 0 Å². The summed E-state index contributed by atoms with van der Waals surface area (Å²) in [5.74, 6) is -1.26. The molecule has 3 rings (SSSR count). The van der Waals surface area contributed by atoms with Crippen LogP contribution in [-0.2, 0) is 25.8 Å². The highest BCUT2D eigenvalue weighted by Crippen LogP contribution is 2.19. The van der Waals surface area contributed by atoms with Gasteiger partial charge in [0.25, 0.3) is 10.0 Å². The lowest BCUT2D eigenvalue weighted by Crippen LogP contribution is -2.17. The van der Waals surface area contributed by atoms with Crippen LogP contribution in [0.3, 0.4) is 0 Å². The fourth-order valence-electron chi connectivity index (χ4n) is 2.27. The van der Waals surface area contributed by atoms with Gasteiger partial charge in [0.15, 0.2) is 0 Å². The SMILES string of the molecule is O=S(=O)(Cc1ccccc1F)Nc1ccc(S(=O)(=O)Nc2ncccn2)cc1. The average molecular weight is 422 g/mol. The Labute approximate surface area is 161 Å². The van der Waals surface area contributed by atoms with Crippen LogP contribution in [0.15, 0.2) is 71.9 Å². The molecule has 0 unspecified atom stereocenters. The summed E-state index contributed by atoms with van der Waals surface area (Å²) in [7, 11) is -7.81. The van der Waals surface area contributed by atoms with Crippen molar-refractivity contribution in [1.29, 1.82) is 0 Å². The summed E-state index contributed by atoms with van der Waals surface area (Å²) in [5.41, 5.74) is 0.174. The molecule has 146 valence electrons. The van der Waals surface area contributed by atoms with Crippen LogP contribution in [0, 0.1) is 5.82 Å². The minimum absolute atomic E-state index is 0.0289. The maximum atomic E-state index is 13.6. The minimum Gasteiger partial charge on any atom is -0.283 e. The van der Waals surface area contributed by atoms with Crippen molar-refractivity contribution in [2.75, 3.05) is 9.44 Å². The fourth-order valence-corrected chi connectivity index (χ4v) is 4.44. The van der Waals surface area contributed by atoms with E-state index in [1.165, 1.54) is 60.9 Å². The van der Waals surface area contributed by atoms with Crippen molar-refractivity contribution in [3.05, 3.63) is 78.4 Å². The smallest absolute Gasteiger partial charge is 0.264 e. The normalized spacial score (nSPS) is 11.8. The molecule has 3 aromatic rings. The number of nitrogens with one attached hydrogen (secondary N) is 2. The van der Waals surface area contributed by atoms with E-state index in [0.29, 0.717) is 0 Å². The number of benzene rings is 2. The summed E-state index contributed by atoms with van der Waals surface area (Å²) >= 11 is 0. The van der Waals surface area contributed by atoms with Gasteiger partial charge in [-0.15, -0.1) is 0 Å². The van der Waals surface area contributed by atoms with Gasteiger partial charge in [-0.2, -0.15) is 0 Å². The van der Waals surface area contributed by atoms with Crippen molar-refractivity contribution in [2.45, 2.75) is 10.6 Å². The van der Waals surface area contributed by atoms with Gasteiger partial charge in [-0.25, -0.2) is 35.9 Å². The zero-order chi connectivity index (χ0) is 20.2. The van der Waals surface area contributed by atoms with Gasteiger partial charge in [-0.05, 0) is 36.4 Å². The van der Waals surface area contributed by atoms with Crippen LogP contribution < -0.4 is 9.44 Å². The Morgan fingerprint density at radius 1 is 0.821 bits per heavy atom. The number of rotatable bonds is 7. The molecular weight excluding hydrogens is 407 g/mol. The molecule has 1 heterocycles. The molecule has 0 atom stereocenters. The molecule has 2 N–H and O–H groups in total. The Kier molecular flexibility index (Phi) is 5.56. The standard InChI is InChI=1S/C17H15FN4O4S2/c18-16-5-2-1-4-13(16)12-27(23,24)21-14-6-8-15(9-7-14)28(25,26)22-17-19-10-3-11-20-17/h1-11,21H,12H2,(H,19,20,22). The topological polar surface area (TPSA) is 118 Å². The van der Waals surface area contributed by atoms with Crippen LogP contribution in [0.1, 0.15) is 5.56 Å². The molecule has 28 heavy (non-hydrogen) atoms. The first-order chi connectivity index (χ1) is 13.3. The highest BCUT2D eigenvalue weighted by Gasteiger charge is 2.17. The van der Waals surface area contributed by atoms with Gasteiger partial charge in [0.1, 0.15) is 5.82 Å². The quantitative estimate of drug-likeness (QED) is 0.603. The van der Waals surface area contributed by atoms with Crippen molar-refractivity contribution in [3.8, 4) is 0 Å². The van der Waals surface area contributed by atoms with Crippen molar-refractivity contribution in [2.24, 2.45) is 0 Å². The van der Waals surface area contributed by atoms with Gasteiger partial charge in [-0.3, -0.25) is 4.72 Å². The van der Waals surface area contributed by atoms with E-state index in [9.17, 15) is 21.2 Å². The zero-order valence-electron chi connectivity index (χ0n) is 14.3. The number of sulfonamides is 2. The zero-order valence-corrected chi connectivity index (χ0v) is 15.9. The fraction of sp³-hybridized carbons (Fsp3) is 0.0588. The first-order valence-electron chi connectivity index (χ1n) is 7.89. The number of halogens is 1. The largest absolute Gasteiger partial charge is 0.283 e. The van der Waals surface area contributed by atoms with E-state index in [1.54, 1.807) is 6.07 Å². The number of hydrogen-bond acceptors (Lipinski definition) is 6. The van der Waals surface area contributed by atoms with Crippen LogP contribution in [0.5, 0.6) is 0 Å². The molecule has 0 saturated carbocycles. The van der Waals surface area contributed by atoms with Crippen LogP contribution in [0.2, 0.25) is 0 Å². The predicted octanol–water partition coefficient (Wildman–Crippen LogP) is 2.36. The lowest BCUT2D eigenvalue weighted by molar-refractivity contribution is 0.591. The lowest BCUT2D eigenvalue weighted by Gasteiger charge is -2.10. The number of aromatic nitrogens is 2. The molecule has 0 aliphatic carbocycles. The van der Waals surface area contributed by atoms with E-state index in [4.69, 9.17) is 0 Å². The third-order valence-corrected chi connectivity index (χ3v) is 6.11. The molecular formula is C17H15FN4O4S2. The molecule has 1 aromatic heterocycles. The molecule has 0 amide bonds. The van der Waals surface area contributed by atoms with Gasteiger partial charge in [0.05, 0.1) is 10.6 Å². The average Bonchev–Trinajstić information content (AvgIpc) is 2.64. The second-order valence-electron chi connectivity index (χ2n) is 5.65. The first-order valence-corrected chi connectivity index (χ1v) is 11.0. The third kappa shape index (κ3) is 5.02. The van der Waals surface area contributed by atoms with E-state index in [0.717, 1.165) is 0 Å². The molecule has 8 nitrogen and oxygen atoms in total. The molecule has 11 heteroatoms. The van der Waals surface area contributed by atoms with Crippen molar-refractivity contribution >= 4 is 31.7 Å². The first kappa shape index (κ1) is 19.7. The van der Waals surface area contributed by atoms with Crippen LogP contribution in [0.25, 0.3) is 0 Å². The van der Waals surface area contributed by atoms with Crippen molar-refractivity contribution < 1.29 is 21.2 Å². The summed E-state index contributed by atoms with van der Waals surface area (Å²) in [6.07, 6.45) is 2.77. The Morgan fingerprint density at radius 3 is 2.11 bits per heavy atom. The Hall–Kier alpha value is -3.05. The van der Waals surface area contributed by atoms with Crippen molar-refractivity contribution in [3.63, 3.8) is 0 Å². The van der Waals surface area contributed by atoms with Gasteiger partial charge in [0, 0.05) is 23.6 Å². The predicted molar refractivity (Wildman–Crippen MR) is 102 cm³/mol. The lowest BCUT2D eigenvalue weighted by atomic mass is 10.2. The highest BCUT2D eigenvalue weighted by atomic mass is 32.2. The maximum Gasteiger partial charge on any atom is 0.264 e. The second-order valence-corrected chi connectivity index (χ2v) is 9.06. The van der Waals surface area contributed by atoms with Gasteiger partial charge >= 0.3 is 0 Å². The van der Waals surface area contributed by atoms with E-state index < -0.39 is 31.6 Å². The summed E-state index contributed by atoms with van der Waals surface area (Å²) in [4.78, 5) is 7.46. The van der Waals surface area contributed by atoms with E-state index >= 15 is 0 Å². The third-order valence-electron chi connectivity index (χ3n) is 3.53. The molecule has 0 saturated heterocycles. The summed E-state index contributed by atoms with van der Waals surface area (Å²) in [6.45, 7) is 0. The molecule has 2 aromatic carbocycles. The number of anilines is 2. The van der Waals surface area contributed by atoms with Gasteiger partial charge < -0.3 is 0 Å². The molecule has 0 radical (unpaired) electrons. The van der Waals surface area contributed by atoms with E-state index in [2.05, 4.69) is 19.4 Å². The van der Waals surface area contributed by atoms with E-state index in [1.807, 2.05) is 0 Å². The molecule has 0 aliphatic heterocycles. The summed E-state index contributed by atoms with van der Waals surface area (Å²) in [6, 6.07) is 12.1. The Balaban J connectivity index is 1.73. The molecule has 0 fully saturated rings. The summed E-state index contributed by atoms with van der Waals surface area (Å²) < 4.78 is 67.2. The number of nitrogens with zero attached hydrogens (tertiary/aromatic N) is 2. The van der Waals surface area contributed by atoms with Crippen LogP contribution in [0.4, 0.5) is 16.0 Å². The minimum atomic E-state index is -3.93. The van der Waals surface area contributed by atoms with Crippen molar-refractivity contribution in [1.82, 2.24) is 9.97 Å². The second kappa shape index (κ2) is 7.90. The van der Waals surface area contributed by atoms with Gasteiger partial charge in [0.2, 0.25) is 16.0 Å². The monoisotopic (exact) mass is 422 g/mol. The maximum absolute atomic E-state index is 13.6. The Morgan fingerprint density at radius 2 is 1.46 bits per heavy atom.